The zero-order valence-corrected chi connectivity index (χ0v) is 14.1. The molecule has 0 aliphatic rings. The molecule has 0 N–H and O–H groups in total. The van der Waals surface area contributed by atoms with Crippen molar-refractivity contribution in [2.45, 2.75) is 20.8 Å². The fourth-order valence-electron chi connectivity index (χ4n) is 2.36. The predicted octanol–water partition coefficient (Wildman–Crippen LogP) is 4.51. The summed E-state index contributed by atoms with van der Waals surface area (Å²) in [4.78, 5) is 13.9. The van der Waals surface area contributed by atoms with Crippen molar-refractivity contribution in [3.8, 4) is 22.6 Å². The van der Waals surface area contributed by atoms with E-state index in [2.05, 4.69) is 0 Å². The fourth-order valence-corrected chi connectivity index (χ4v) is 2.36. The number of rotatable bonds is 5. The van der Waals surface area contributed by atoms with E-state index in [1.807, 2.05) is 63.2 Å². The molecule has 0 radical (unpaired) electrons. The van der Waals surface area contributed by atoms with E-state index in [9.17, 15) is 4.79 Å². The number of hydrogen-bond acceptors (Lipinski definition) is 3. The van der Waals surface area contributed by atoms with Gasteiger partial charge < -0.3 is 14.4 Å². The van der Waals surface area contributed by atoms with Crippen molar-refractivity contribution in [3.63, 3.8) is 0 Å². The standard InChI is InChI=1S/C19H23NO3/c1-5-20(6-2)19(21)23-18-13-14(3)7-12-17(18)15-8-10-16(22-4)11-9-15/h7-13H,5-6H2,1-4H3. The number of carbonyl (C=O) groups is 1. The zero-order valence-electron chi connectivity index (χ0n) is 14.1. The van der Waals surface area contributed by atoms with Crippen LogP contribution in [0.2, 0.25) is 0 Å². The maximum absolute atomic E-state index is 12.3. The number of nitrogens with zero attached hydrogens (tertiary/aromatic N) is 1. The Morgan fingerprint density at radius 3 is 2.26 bits per heavy atom. The first kappa shape index (κ1) is 16.9. The maximum Gasteiger partial charge on any atom is 0.415 e. The van der Waals surface area contributed by atoms with Crippen molar-refractivity contribution < 1.29 is 14.3 Å². The van der Waals surface area contributed by atoms with Gasteiger partial charge in [0.15, 0.2) is 0 Å². The monoisotopic (exact) mass is 313 g/mol. The molecule has 0 fully saturated rings. The summed E-state index contributed by atoms with van der Waals surface area (Å²) < 4.78 is 10.8. The topological polar surface area (TPSA) is 38.8 Å². The van der Waals surface area contributed by atoms with Crippen molar-refractivity contribution in [2.75, 3.05) is 20.2 Å². The molecule has 4 nitrogen and oxygen atoms in total. The van der Waals surface area contributed by atoms with Crippen molar-refractivity contribution >= 4 is 6.09 Å². The zero-order chi connectivity index (χ0) is 16.8. The molecule has 0 aromatic heterocycles. The molecule has 0 unspecified atom stereocenters. The number of methoxy groups -OCH3 is 1. The third-order valence-electron chi connectivity index (χ3n) is 3.76. The third kappa shape index (κ3) is 4.03. The average molecular weight is 313 g/mol. The SMILES string of the molecule is CCN(CC)C(=O)Oc1cc(C)ccc1-c1ccc(OC)cc1. The lowest BCUT2D eigenvalue weighted by Crippen LogP contribution is -2.33. The summed E-state index contributed by atoms with van der Waals surface area (Å²) in [5, 5.41) is 0. The minimum Gasteiger partial charge on any atom is -0.497 e. The van der Waals surface area contributed by atoms with E-state index in [0.29, 0.717) is 18.8 Å². The Bertz CT molecular complexity index is 661. The quantitative estimate of drug-likeness (QED) is 0.815. The molecule has 0 saturated heterocycles. The molecular formula is C19H23NO3. The van der Waals surface area contributed by atoms with Gasteiger partial charge in [-0.2, -0.15) is 0 Å². The van der Waals surface area contributed by atoms with Gasteiger partial charge in [0.25, 0.3) is 0 Å². The second-order valence-electron chi connectivity index (χ2n) is 5.27. The number of aryl methyl sites for hydroxylation is 1. The first-order chi connectivity index (χ1) is 11.1. The third-order valence-corrected chi connectivity index (χ3v) is 3.76. The molecule has 4 heteroatoms. The van der Waals surface area contributed by atoms with Crippen LogP contribution >= 0.6 is 0 Å². The molecule has 122 valence electrons. The predicted molar refractivity (Wildman–Crippen MR) is 92.1 cm³/mol. The maximum atomic E-state index is 12.3. The average Bonchev–Trinajstić information content (AvgIpc) is 2.56. The van der Waals surface area contributed by atoms with Gasteiger partial charge in [-0.3, -0.25) is 0 Å². The minimum atomic E-state index is -0.324. The van der Waals surface area contributed by atoms with Gasteiger partial charge in [-0.1, -0.05) is 24.3 Å². The Balaban J connectivity index is 2.35. The Labute approximate surface area is 137 Å². The Morgan fingerprint density at radius 1 is 1.04 bits per heavy atom. The molecule has 0 bridgehead atoms. The van der Waals surface area contributed by atoms with Crippen molar-refractivity contribution in [1.82, 2.24) is 4.90 Å². The summed E-state index contributed by atoms with van der Waals surface area (Å²) in [6, 6.07) is 13.6. The molecule has 0 aliphatic carbocycles. The van der Waals surface area contributed by atoms with Gasteiger partial charge in [-0.05, 0) is 50.1 Å². The van der Waals surface area contributed by atoms with E-state index in [0.717, 1.165) is 22.4 Å². The van der Waals surface area contributed by atoms with Gasteiger partial charge in [-0.15, -0.1) is 0 Å². The van der Waals surface area contributed by atoms with Gasteiger partial charge in [0.05, 0.1) is 7.11 Å². The molecule has 1 amide bonds. The van der Waals surface area contributed by atoms with Gasteiger partial charge in [0.2, 0.25) is 0 Å². The fraction of sp³-hybridized carbons (Fsp3) is 0.316. The van der Waals surface area contributed by atoms with Crippen molar-refractivity contribution in [3.05, 3.63) is 48.0 Å². The highest BCUT2D eigenvalue weighted by atomic mass is 16.6. The number of benzene rings is 2. The Morgan fingerprint density at radius 2 is 1.70 bits per heavy atom. The normalized spacial score (nSPS) is 10.3. The van der Waals surface area contributed by atoms with Crippen LogP contribution in [0.15, 0.2) is 42.5 Å². The number of amides is 1. The van der Waals surface area contributed by atoms with E-state index < -0.39 is 0 Å². The number of carbonyl (C=O) groups excluding carboxylic acids is 1. The first-order valence-corrected chi connectivity index (χ1v) is 7.80. The van der Waals surface area contributed by atoms with Crippen LogP contribution in [0.5, 0.6) is 11.5 Å². The van der Waals surface area contributed by atoms with Crippen LogP contribution in [-0.4, -0.2) is 31.2 Å². The highest BCUT2D eigenvalue weighted by Gasteiger charge is 2.15. The molecule has 0 atom stereocenters. The second-order valence-corrected chi connectivity index (χ2v) is 5.27. The van der Waals surface area contributed by atoms with Crippen molar-refractivity contribution in [2.24, 2.45) is 0 Å². The number of hydrogen-bond donors (Lipinski definition) is 0. The molecule has 0 spiro atoms. The Kier molecular flexibility index (Phi) is 5.63. The van der Waals surface area contributed by atoms with Gasteiger partial charge in [-0.25, -0.2) is 4.79 Å². The van der Waals surface area contributed by atoms with Crippen LogP contribution in [0.25, 0.3) is 11.1 Å². The van der Waals surface area contributed by atoms with Gasteiger partial charge in [0.1, 0.15) is 11.5 Å². The largest absolute Gasteiger partial charge is 0.497 e. The van der Waals surface area contributed by atoms with Gasteiger partial charge in [0, 0.05) is 18.7 Å². The van der Waals surface area contributed by atoms with Gasteiger partial charge >= 0.3 is 6.09 Å². The molecule has 2 aromatic rings. The molecule has 2 aromatic carbocycles. The van der Waals surface area contributed by atoms with Crippen LogP contribution in [0, 0.1) is 6.92 Å². The summed E-state index contributed by atoms with van der Waals surface area (Å²) in [6.45, 7) is 7.10. The molecule has 0 heterocycles. The smallest absolute Gasteiger partial charge is 0.415 e. The van der Waals surface area contributed by atoms with E-state index in [1.165, 1.54) is 0 Å². The molecule has 0 aliphatic heterocycles. The van der Waals surface area contributed by atoms with Crippen LogP contribution in [0.1, 0.15) is 19.4 Å². The molecule has 2 rings (SSSR count). The van der Waals surface area contributed by atoms with Crippen LogP contribution in [0.3, 0.4) is 0 Å². The molecule has 0 saturated carbocycles. The van der Waals surface area contributed by atoms with Crippen LogP contribution in [0.4, 0.5) is 4.79 Å². The van der Waals surface area contributed by atoms with E-state index in [1.54, 1.807) is 12.0 Å². The lowest BCUT2D eigenvalue weighted by atomic mass is 10.0. The summed E-state index contributed by atoms with van der Waals surface area (Å²) in [6.07, 6.45) is -0.324. The van der Waals surface area contributed by atoms with E-state index >= 15 is 0 Å². The van der Waals surface area contributed by atoms with E-state index in [-0.39, 0.29) is 6.09 Å². The lowest BCUT2D eigenvalue weighted by molar-refractivity contribution is 0.157. The Hall–Kier alpha value is -2.49. The summed E-state index contributed by atoms with van der Waals surface area (Å²) >= 11 is 0. The number of ether oxygens (including phenoxy) is 2. The lowest BCUT2D eigenvalue weighted by Gasteiger charge is -2.19. The highest BCUT2D eigenvalue weighted by molar-refractivity contribution is 5.77. The summed E-state index contributed by atoms with van der Waals surface area (Å²) in [5.74, 6) is 1.37. The highest BCUT2D eigenvalue weighted by Crippen LogP contribution is 2.32. The molecular weight excluding hydrogens is 290 g/mol. The van der Waals surface area contributed by atoms with E-state index in [4.69, 9.17) is 9.47 Å². The summed E-state index contributed by atoms with van der Waals surface area (Å²) in [7, 11) is 1.64. The van der Waals surface area contributed by atoms with Crippen molar-refractivity contribution in [1.29, 1.82) is 0 Å². The molecule has 23 heavy (non-hydrogen) atoms. The van der Waals surface area contributed by atoms with Crippen LogP contribution < -0.4 is 9.47 Å². The first-order valence-electron chi connectivity index (χ1n) is 7.80. The minimum absolute atomic E-state index is 0.324. The second kappa shape index (κ2) is 7.68. The summed E-state index contributed by atoms with van der Waals surface area (Å²) in [5.41, 5.74) is 2.91. The van der Waals surface area contributed by atoms with Crippen LogP contribution in [-0.2, 0) is 0 Å².